The van der Waals surface area contributed by atoms with Crippen LogP contribution in [-0.4, -0.2) is 8.42 Å². The lowest BCUT2D eigenvalue weighted by Crippen LogP contribution is -2.05. The monoisotopic (exact) mass is 280 g/mol. The van der Waals surface area contributed by atoms with E-state index in [1.807, 2.05) is 13.0 Å². The number of hydrogen-bond donors (Lipinski definition) is 0. The van der Waals surface area contributed by atoms with Crippen LogP contribution in [0.5, 0.6) is 0 Å². The molecule has 1 aromatic rings. The van der Waals surface area contributed by atoms with Gasteiger partial charge in [0.2, 0.25) is 0 Å². The van der Waals surface area contributed by atoms with Crippen molar-refractivity contribution >= 4 is 10.1 Å². The number of benzene rings is 1. The summed E-state index contributed by atoms with van der Waals surface area (Å²) in [4.78, 5) is 0.200. The molecule has 1 aliphatic carbocycles. The third-order valence-corrected chi connectivity index (χ3v) is 4.71. The van der Waals surface area contributed by atoms with Gasteiger partial charge in [0.1, 0.15) is 11.2 Å². The quantitative estimate of drug-likeness (QED) is 0.622. The summed E-state index contributed by atoms with van der Waals surface area (Å²) in [7, 11) is -3.66. The maximum absolute atomic E-state index is 11.9. The van der Waals surface area contributed by atoms with Crippen molar-refractivity contribution in [3.63, 3.8) is 0 Å². The van der Waals surface area contributed by atoms with E-state index >= 15 is 0 Å². The lowest BCUT2D eigenvalue weighted by Gasteiger charge is -2.17. The topological polar surface area (TPSA) is 43.4 Å². The molecule has 0 saturated heterocycles. The molecule has 0 aromatic heterocycles. The second kappa shape index (κ2) is 6.24. The van der Waals surface area contributed by atoms with Crippen molar-refractivity contribution in [2.24, 2.45) is 5.92 Å². The second-order valence-electron chi connectivity index (χ2n) is 5.09. The zero-order valence-electron chi connectivity index (χ0n) is 11.2. The van der Waals surface area contributed by atoms with Gasteiger partial charge in [-0.05, 0) is 43.9 Å². The fourth-order valence-electron chi connectivity index (χ4n) is 2.30. The predicted octanol–water partition coefficient (Wildman–Crippen LogP) is 3.79. The van der Waals surface area contributed by atoms with Gasteiger partial charge in [-0.15, -0.1) is 0 Å². The highest BCUT2D eigenvalue weighted by Crippen LogP contribution is 2.24. The lowest BCUT2D eigenvalue weighted by atomic mass is 9.89. The normalized spacial score (nSPS) is 17.7. The number of hydrogen-bond acceptors (Lipinski definition) is 3. The summed E-state index contributed by atoms with van der Waals surface area (Å²) in [6.07, 6.45) is 9.21. The summed E-state index contributed by atoms with van der Waals surface area (Å²) in [6, 6.07) is 6.67. The molecular formula is C15H20O3S. The highest BCUT2D eigenvalue weighted by atomic mass is 32.2. The minimum absolute atomic E-state index is 0.200. The molecule has 104 valence electrons. The van der Waals surface area contributed by atoms with Crippen LogP contribution >= 0.6 is 0 Å². The summed E-state index contributed by atoms with van der Waals surface area (Å²) >= 11 is 0. The Labute approximate surface area is 115 Å². The largest absolute Gasteiger partial charge is 0.387 e. The van der Waals surface area contributed by atoms with Gasteiger partial charge in [0.15, 0.2) is 0 Å². The molecule has 0 N–H and O–H groups in total. The van der Waals surface area contributed by atoms with E-state index in [2.05, 4.69) is 0 Å². The van der Waals surface area contributed by atoms with Crippen LogP contribution in [0.1, 0.15) is 37.7 Å². The van der Waals surface area contributed by atoms with E-state index in [9.17, 15) is 8.42 Å². The molecule has 0 unspecified atom stereocenters. The molecule has 1 saturated carbocycles. The molecule has 0 amide bonds. The number of allylic oxidation sites excluding steroid dienone is 1. The van der Waals surface area contributed by atoms with Crippen LogP contribution in [0, 0.1) is 12.8 Å². The number of aryl methyl sites for hydroxylation is 1. The van der Waals surface area contributed by atoms with Crippen molar-refractivity contribution < 1.29 is 12.6 Å². The molecule has 0 aliphatic heterocycles. The molecule has 1 fully saturated rings. The zero-order chi connectivity index (χ0) is 13.7. The first kappa shape index (κ1) is 14.1. The van der Waals surface area contributed by atoms with Crippen molar-refractivity contribution in [2.75, 3.05) is 0 Å². The van der Waals surface area contributed by atoms with Crippen LogP contribution in [0.2, 0.25) is 0 Å². The first-order chi connectivity index (χ1) is 9.08. The maximum Gasteiger partial charge on any atom is 0.338 e. The third-order valence-electron chi connectivity index (χ3n) is 3.49. The average molecular weight is 280 g/mol. The Balaban J connectivity index is 1.97. The van der Waals surface area contributed by atoms with E-state index in [1.165, 1.54) is 25.5 Å². The molecule has 19 heavy (non-hydrogen) atoms. The van der Waals surface area contributed by atoms with Crippen molar-refractivity contribution in [3.8, 4) is 0 Å². The molecule has 1 aromatic carbocycles. The molecule has 0 radical (unpaired) electrons. The van der Waals surface area contributed by atoms with Crippen LogP contribution in [-0.2, 0) is 14.3 Å². The summed E-state index contributed by atoms with van der Waals surface area (Å²) in [5.74, 6) is 0.460. The highest BCUT2D eigenvalue weighted by Gasteiger charge is 2.14. The molecule has 4 heteroatoms. The minimum atomic E-state index is -3.66. The SMILES string of the molecule is Cc1ccc(S(=O)(=O)OC=CC2CCCCC2)cc1. The van der Waals surface area contributed by atoms with E-state index in [1.54, 1.807) is 24.3 Å². The van der Waals surface area contributed by atoms with Gasteiger partial charge in [-0.3, -0.25) is 0 Å². The molecule has 0 heterocycles. The fourth-order valence-corrected chi connectivity index (χ4v) is 3.09. The highest BCUT2D eigenvalue weighted by molar-refractivity contribution is 7.86. The molecule has 3 nitrogen and oxygen atoms in total. The van der Waals surface area contributed by atoms with Gasteiger partial charge >= 0.3 is 10.1 Å². The number of rotatable bonds is 4. The predicted molar refractivity (Wildman–Crippen MR) is 75.2 cm³/mol. The van der Waals surface area contributed by atoms with Crippen molar-refractivity contribution in [1.82, 2.24) is 0 Å². The summed E-state index contributed by atoms with van der Waals surface area (Å²) in [5.41, 5.74) is 1.02. The van der Waals surface area contributed by atoms with Gasteiger partial charge in [-0.2, -0.15) is 8.42 Å². The van der Waals surface area contributed by atoms with Crippen molar-refractivity contribution in [2.45, 2.75) is 43.9 Å². The van der Waals surface area contributed by atoms with E-state index in [0.717, 1.165) is 18.4 Å². The van der Waals surface area contributed by atoms with Crippen LogP contribution in [0.25, 0.3) is 0 Å². The molecule has 2 rings (SSSR count). The third kappa shape index (κ3) is 4.10. The van der Waals surface area contributed by atoms with Crippen LogP contribution in [0.3, 0.4) is 0 Å². The standard InChI is InChI=1S/C15H20O3S/c1-13-7-9-15(10-8-13)19(16,17)18-12-11-14-5-3-2-4-6-14/h7-12,14H,2-6H2,1H3. The summed E-state index contributed by atoms with van der Waals surface area (Å²) < 4.78 is 28.8. The van der Waals surface area contributed by atoms with E-state index in [-0.39, 0.29) is 4.90 Å². The van der Waals surface area contributed by atoms with E-state index in [4.69, 9.17) is 4.18 Å². The molecule has 0 spiro atoms. The Morgan fingerprint density at radius 2 is 1.74 bits per heavy atom. The fraction of sp³-hybridized carbons (Fsp3) is 0.467. The summed E-state index contributed by atoms with van der Waals surface area (Å²) in [6.45, 7) is 1.92. The van der Waals surface area contributed by atoms with Gasteiger partial charge in [0.05, 0.1) is 0 Å². The van der Waals surface area contributed by atoms with Crippen molar-refractivity contribution in [1.29, 1.82) is 0 Å². The zero-order valence-corrected chi connectivity index (χ0v) is 12.0. The van der Waals surface area contributed by atoms with Gasteiger partial charge < -0.3 is 4.18 Å². The Bertz CT molecular complexity index is 523. The Morgan fingerprint density at radius 1 is 1.11 bits per heavy atom. The maximum atomic E-state index is 11.9. The smallest absolute Gasteiger partial charge is 0.338 e. The van der Waals surface area contributed by atoms with Gasteiger partial charge in [-0.1, -0.05) is 37.0 Å². The Hall–Kier alpha value is -1.29. The van der Waals surface area contributed by atoms with Crippen LogP contribution < -0.4 is 0 Å². The van der Waals surface area contributed by atoms with E-state index < -0.39 is 10.1 Å². The van der Waals surface area contributed by atoms with Crippen LogP contribution in [0.15, 0.2) is 41.5 Å². The Morgan fingerprint density at radius 3 is 2.37 bits per heavy atom. The molecule has 0 bridgehead atoms. The minimum Gasteiger partial charge on any atom is -0.387 e. The molecular weight excluding hydrogens is 260 g/mol. The summed E-state index contributed by atoms with van der Waals surface area (Å²) in [5, 5.41) is 0. The first-order valence-electron chi connectivity index (χ1n) is 6.74. The van der Waals surface area contributed by atoms with Gasteiger partial charge in [0.25, 0.3) is 0 Å². The van der Waals surface area contributed by atoms with Gasteiger partial charge in [-0.25, -0.2) is 0 Å². The lowest BCUT2D eigenvalue weighted by molar-refractivity contribution is 0.401. The molecule has 0 atom stereocenters. The van der Waals surface area contributed by atoms with Crippen molar-refractivity contribution in [3.05, 3.63) is 42.2 Å². The Kier molecular flexibility index (Phi) is 4.64. The van der Waals surface area contributed by atoms with Gasteiger partial charge in [0, 0.05) is 0 Å². The van der Waals surface area contributed by atoms with Crippen LogP contribution in [0.4, 0.5) is 0 Å². The second-order valence-corrected chi connectivity index (χ2v) is 6.66. The first-order valence-corrected chi connectivity index (χ1v) is 8.15. The average Bonchev–Trinajstić information content (AvgIpc) is 2.40. The van der Waals surface area contributed by atoms with E-state index in [0.29, 0.717) is 5.92 Å². The molecule has 1 aliphatic rings.